The number of nitrogens with one attached hydrogen (secondary N) is 1. The Labute approximate surface area is 129 Å². The summed E-state index contributed by atoms with van der Waals surface area (Å²) in [4.78, 5) is 17.7. The van der Waals surface area contributed by atoms with Gasteiger partial charge in [-0.15, -0.1) is 11.3 Å². The van der Waals surface area contributed by atoms with E-state index in [1.807, 2.05) is 30.3 Å². The monoisotopic (exact) mass is 303 g/mol. The van der Waals surface area contributed by atoms with Gasteiger partial charge in [-0.25, -0.2) is 4.98 Å². The van der Waals surface area contributed by atoms with E-state index in [2.05, 4.69) is 24.1 Å². The molecule has 4 nitrogen and oxygen atoms in total. The van der Waals surface area contributed by atoms with Crippen molar-refractivity contribution < 1.29 is 4.79 Å². The zero-order chi connectivity index (χ0) is 15.6. The molecule has 3 N–H and O–H groups in total. The molecule has 21 heavy (non-hydrogen) atoms. The highest BCUT2D eigenvalue weighted by atomic mass is 32.1. The standard InChI is InChI=1S/C16H21N3OS/c1-10(2)13-12(11-8-6-5-7-9-11)18-15(21-13)19-14(20)16(3,4)17/h5-10H,17H2,1-4H3,(H,18,19,20). The third-order valence-electron chi connectivity index (χ3n) is 3.03. The Kier molecular flexibility index (Phi) is 4.44. The minimum Gasteiger partial charge on any atom is -0.318 e. The lowest BCUT2D eigenvalue weighted by atomic mass is 10.1. The van der Waals surface area contributed by atoms with Crippen LogP contribution in [0.4, 0.5) is 5.13 Å². The topological polar surface area (TPSA) is 68.0 Å². The lowest BCUT2D eigenvalue weighted by molar-refractivity contribution is -0.120. The molecular formula is C16H21N3OS. The number of rotatable bonds is 4. The number of anilines is 1. The minimum absolute atomic E-state index is 0.230. The molecule has 0 bridgehead atoms. The van der Waals surface area contributed by atoms with Crippen LogP contribution in [-0.4, -0.2) is 16.4 Å². The Balaban J connectivity index is 2.37. The summed E-state index contributed by atoms with van der Waals surface area (Å²) in [7, 11) is 0. The SMILES string of the molecule is CC(C)c1sc(NC(=O)C(C)(C)N)nc1-c1ccccc1. The predicted molar refractivity (Wildman–Crippen MR) is 88.5 cm³/mol. The van der Waals surface area contributed by atoms with Gasteiger partial charge in [0.05, 0.1) is 11.2 Å². The van der Waals surface area contributed by atoms with Gasteiger partial charge in [0.15, 0.2) is 5.13 Å². The van der Waals surface area contributed by atoms with E-state index in [-0.39, 0.29) is 5.91 Å². The van der Waals surface area contributed by atoms with Crippen LogP contribution in [0.2, 0.25) is 0 Å². The van der Waals surface area contributed by atoms with Crippen LogP contribution >= 0.6 is 11.3 Å². The lowest BCUT2D eigenvalue weighted by Crippen LogP contribution is -2.45. The van der Waals surface area contributed by atoms with E-state index >= 15 is 0 Å². The highest BCUT2D eigenvalue weighted by Crippen LogP contribution is 2.36. The number of aromatic nitrogens is 1. The van der Waals surface area contributed by atoms with Crippen molar-refractivity contribution in [3.63, 3.8) is 0 Å². The Hall–Kier alpha value is -1.72. The summed E-state index contributed by atoms with van der Waals surface area (Å²) in [6.07, 6.45) is 0. The van der Waals surface area contributed by atoms with Gasteiger partial charge in [0.25, 0.3) is 0 Å². The van der Waals surface area contributed by atoms with Gasteiger partial charge in [0.1, 0.15) is 0 Å². The summed E-state index contributed by atoms with van der Waals surface area (Å²) in [5, 5.41) is 3.41. The van der Waals surface area contributed by atoms with Crippen molar-refractivity contribution in [2.24, 2.45) is 5.73 Å². The van der Waals surface area contributed by atoms with E-state index in [1.54, 1.807) is 13.8 Å². The zero-order valence-corrected chi connectivity index (χ0v) is 13.6. The van der Waals surface area contributed by atoms with Crippen molar-refractivity contribution in [2.75, 3.05) is 5.32 Å². The fraction of sp³-hybridized carbons (Fsp3) is 0.375. The van der Waals surface area contributed by atoms with Gasteiger partial charge >= 0.3 is 0 Å². The molecule has 0 spiro atoms. The van der Waals surface area contributed by atoms with Crippen LogP contribution in [0.1, 0.15) is 38.5 Å². The first kappa shape index (κ1) is 15.7. The van der Waals surface area contributed by atoms with Gasteiger partial charge in [-0.05, 0) is 19.8 Å². The van der Waals surface area contributed by atoms with E-state index in [9.17, 15) is 4.79 Å². The molecule has 0 radical (unpaired) electrons. The fourth-order valence-electron chi connectivity index (χ4n) is 1.84. The summed E-state index contributed by atoms with van der Waals surface area (Å²) >= 11 is 1.51. The number of thiazole rings is 1. The summed E-state index contributed by atoms with van der Waals surface area (Å²) in [6.45, 7) is 7.60. The summed E-state index contributed by atoms with van der Waals surface area (Å²) < 4.78 is 0. The van der Waals surface area contributed by atoms with Crippen LogP contribution in [0.3, 0.4) is 0 Å². The second kappa shape index (κ2) is 5.95. The van der Waals surface area contributed by atoms with Gasteiger partial charge in [-0.1, -0.05) is 44.2 Å². The summed E-state index contributed by atoms with van der Waals surface area (Å²) in [5.74, 6) is 0.111. The van der Waals surface area contributed by atoms with Gasteiger partial charge in [0.2, 0.25) is 5.91 Å². The second-order valence-corrected chi connectivity index (χ2v) is 6.96. The van der Waals surface area contributed by atoms with Gasteiger partial charge in [-0.3, -0.25) is 4.79 Å². The highest BCUT2D eigenvalue weighted by molar-refractivity contribution is 7.16. The number of carbonyl (C=O) groups excluding carboxylic acids is 1. The van der Waals surface area contributed by atoms with Crippen LogP contribution in [0.15, 0.2) is 30.3 Å². The van der Waals surface area contributed by atoms with Crippen LogP contribution in [0.25, 0.3) is 11.3 Å². The number of hydrogen-bond acceptors (Lipinski definition) is 4. The molecule has 1 aromatic carbocycles. The van der Waals surface area contributed by atoms with Crippen LogP contribution in [0, 0.1) is 0 Å². The summed E-state index contributed by atoms with van der Waals surface area (Å²) in [6, 6.07) is 10.0. The zero-order valence-electron chi connectivity index (χ0n) is 12.8. The van der Waals surface area contributed by atoms with Gasteiger partial charge in [-0.2, -0.15) is 0 Å². The fourth-order valence-corrected chi connectivity index (χ4v) is 2.82. The van der Waals surface area contributed by atoms with Crippen LogP contribution in [-0.2, 0) is 4.79 Å². The molecule has 0 aliphatic rings. The molecule has 1 amide bonds. The normalized spacial score (nSPS) is 11.7. The van der Waals surface area contributed by atoms with Gasteiger partial charge in [0, 0.05) is 10.4 Å². The molecule has 0 unspecified atom stereocenters. The molecule has 1 heterocycles. The molecule has 1 aromatic heterocycles. The third-order valence-corrected chi connectivity index (χ3v) is 4.30. The number of nitrogens with two attached hydrogens (primary N) is 1. The van der Waals surface area contributed by atoms with Crippen LogP contribution < -0.4 is 11.1 Å². The second-order valence-electron chi connectivity index (χ2n) is 5.93. The lowest BCUT2D eigenvalue weighted by Gasteiger charge is -2.16. The highest BCUT2D eigenvalue weighted by Gasteiger charge is 2.24. The molecule has 0 saturated heterocycles. The molecule has 2 rings (SSSR count). The van der Waals surface area contributed by atoms with E-state index < -0.39 is 5.54 Å². The summed E-state index contributed by atoms with van der Waals surface area (Å²) in [5.41, 5.74) is 6.88. The number of amides is 1. The molecule has 0 atom stereocenters. The molecule has 0 saturated carbocycles. The molecule has 112 valence electrons. The Morgan fingerprint density at radius 2 is 1.90 bits per heavy atom. The molecular weight excluding hydrogens is 282 g/mol. The van der Waals surface area contributed by atoms with Gasteiger partial charge < -0.3 is 11.1 Å². The smallest absolute Gasteiger partial charge is 0.245 e. The minimum atomic E-state index is -0.920. The van der Waals surface area contributed by atoms with Crippen molar-refractivity contribution in [2.45, 2.75) is 39.2 Å². The average molecular weight is 303 g/mol. The maximum Gasteiger partial charge on any atom is 0.245 e. The number of benzene rings is 1. The molecule has 2 aromatic rings. The maximum absolute atomic E-state index is 12.0. The van der Waals surface area contributed by atoms with E-state index in [4.69, 9.17) is 5.73 Å². The van der Waals surface area contributed by atoms with E-state index in [0.29, 0.717) is 11.0 Å². The van der Waals surface area contributed by atoms with Crippen molar-refractivity contribution in [3.05, 3.63) is 35.2 Å². The molecule has 0 aliphatic heterocycles. The Morgan fingerprint density at radius 3 is 2.43 bits per heavy atom. The number of carbonyl (C=O) groups is 1. The Morgan fingerprint density at radius 1 is 1.29 bits per heavy atom. The van der Waals surface area contributed by atoms with Crippen molar-refractivity contribution >= 4 is 22.4 Å². The predicted octanol–water partition coefficient (Wildman–Crippen LogP) is 3.61. The van der Waals surface area contributed by atoms with Crippen LogP contribution in [0.5, 0.6) is 0 Å². The van der Waals surface area contributed by atoms with Crippen molar-refractivity contribution in [1.29, 1.82) is 0 Å². The first-order chi connectivity index (χ1) is 9.79. The average Bonchev–Trinajstić information content (AvgIpc) is 2.83. The van der Waals surface area contributed by atoms with Crippen molar-refractivity contribution in [3.8, 4) is 11.3 Å². The largest absolute Gasteiger partial charge is 0.318 e. The third kappa shape index (κ3) is 3.68. The molecule has 0 aliphatic carbocycles. The number of nitrogens with zero attached hydrogens (tertiary/aromatic N) is 1. The van der Waals surface area contributed by atoms with Crippen molar-refractivity contribution in [1.82, 2.24) is 4.98 Å². The van der Waals surface area contributed by atoms with E-state index in [1.165, 1.54) is 11.3 Å². The Bertz CT molecular complexity index is 627. The van der Waals surface area contributed by atoms with E-state index in [0.717, 1.165) is 16.1 Å². The maximum atomic E-state index is 12.0. The first-order valence-corrected chi connectivity index (χ1v) is 7.77. The number of hydrogen-bond donors (Lipinski definition) is 2. The first-order valence-electron chi connectivity index (χ1n) is 6.95. The molecule has 0 fully saturated rings. The quantitative estimate of drug-likeness (QED) is 0.906. The molecule has 5 heteroatoms.